The van der Waals surface area contributed by atoms with Gasteiger partial charge in [0.1, 0.15) is 17.7 Å². The molecule has 0 atom stereocenters. The Balaban J connectivity index is 1.41. The van der Waals surface area contributed by atoms with E-state index in [2.05, 4.69) is 31.3 Å². The highest BCUT2D eigenvalue weighted by Gasteiger charge is 2.31. The molecule has 4 rings (SSSR count). The lowest BCUT2D eigenvalue weighted by Crippen LogP contribution is -2.25. The summed E-state index contributed by atoms with van der Waals surface area (Å²) in [5.41, 5.74) is 2.84. The van der Waals surface area contributed by atoms with E-state index >= 15 is 0 Å². The Kier molecular flexibility index (Phi) is 8.13. The Hall–Kier alpha value is -4.15. The number of hydrogen-bond donors (Lipinski definition) is 2. The van der Waals surface area contributed by atoms with E-state index in [1.54, 1.807) is 31.5 Å². The minimum Gasteiger partial charge on any atom is -0.481 e. The van der Waals surface area contributed by atoms with Gasteiger partial charge in [0.15, 0.2) is 0 Å². The van der Waals surface area contributed by atoms with Crippen LogP contribution < -0.4 is 9.47 Å². The first-order valence-electron chi connectivity index (χ1n) is 12.1. The number of benzene rings is 1. The zero-order valence-corrected chi connectivity index (χ0v) is 20.7. The Morgan fingerprint density at radius 2 is 2.00 bits per heavy atom. The van der Waals surface area contributed by atoms with Gasteiger partial charge in [-0.1, -0.05) is 6.58 Å². The molecule has 2 heterocycles. The number of imidazole rings is 1. The molecule has 2 aromatic heterocycles. The van der Waals surface area contributed by atoms with Gasteiger partial charge in [-0.05, 0) is 62.8 Å². The number of carboxylic acids is 1. The number of carbonyl (C=O) groups is 1. The Morgan fingerprint density at radius 3 is 2.63 bits per heavy atom. The van der Waals surface area contributed by atoms with Crippen molar-refractivity contribution in [1.82, 2.24) is 15.0 Å². The summed E-state index contributed by atoms with van der Waals surface area (Å²) in [6, 6.07) is 7.48. The molecule has 0 radical (unpaired) electrons. The van der Waals surface area contributed by atoms with Crippen LogP contribution in [0.25, 0.3) is 16.6 Å². The number of fused-ring (bicyclic) bond motifs is 1. The summed E-state index contributed by atoms with van der Waals surface area (Å²) in [6.45, 7) is 5.59. The van der Waals surface area contributed by atoms with E-state index < -0.39 is 12.3 Å². The molecule has 0 spiro atoms. The van der Waals surface area contributed by atoms with Gasteiger partial charge in [-0.2, -0.15) is 0 Å². The predicted octanol–water partition coefficient (Wildman–Crippen LogP) is 6.30. The zero-order valence-electron chi connectivity index (χ0n) is 20.7. The van der Waals surface area contributed by atoms with E-state index in [-0.39, 0.29) is 24.2 Å². The summed E-state index contributed by atoms with van der Waals surface area (Å²) >= 11 is 0. The SMILES string of the molecule is C=C/C(=N\C=C(/C)c1nc2cc(OC(F)(F)F)ccc2[nH]1)c1ccc(O[C@H]2CC[C@H](CC(=O)O)CC2)nc1. The van der Waals surface area contributed by atoms with E-state index in [4.69, 9.17) is 9.84 Å². The number of halogens is 3. The van der Waals surface area contributed by atoms with E-state index in [1.807, 2.05) is 6.07 Å². The molecule has 0 amide bonds. The average molecular weight is 529 g/mol. The Labute approximate surface area is 216 Å². The molecule has 1 aliphatic rings. The van der Waals surface area contributed by atoms with Gasteiger partial charge in [0.25, 0.3) is 0 Å². The van der Waals surface area contributed by atoms with Gasteiger partial charge in [0.2, 0.25) is 5.88 Å². The van der Waals surface area contributed by atoms with Crippen molar-refractivity contribution in [3.63, 3.8) is 0 Å². The van der Waals surface area contributed by atoms with Crippen LogP contribution in [-0.2, 0) is 4.79 Å². The van der Waals surface area contributed by atoms with E-state index in [0.717, 1.165) is 31.2 Å². The zero-order chi connectivity index (χ0) is 27.3. The van der Waals surface area contributed by atoms with Crippen molar-refractivity contribution in [2.75, 3.05) is 0 Å². The topological polar surface area (TPSA) is 110 Å². The number of allylic oxidation sites excluding steroid dienone is 2. The van der Waals surface area contributed by atoms with Crippen LogP contribution in [0.1, 0.15) is 50.4 Å². The first-order chi connectivity index (χ1) is 18.1. The molecule has 8 nitrogen and oxygen atoms in total. The van der Waals surface area contributed by atoms with E-state index in [0.29, 0.717) is 34.0 Å². The number of rotatable bonds is 9. The Bertz CT molecular complexity index is 1350. The second kappa shape index (κ2) is 11.5. The van der Waals surface area contributed by atoms with Crippen LogP contribution in [0.2, 0.25) is 0 Å². The summed E-state index contributed by atoms with van der Waals surface area (Å²) in [7, 11) is 0. The van der Waals surface area contributed by atoms with Crippen LogP contribution in [0.4, 0.5) is 13.2 Å². The third-order valence-electron chi connectivity index (χ3n) is 6.23. The first-order valence-corrected chi connectivity index (χ1v) is 12.1. The molecule has 0 aliphatic heterocycles. The second-order valence-corrected chi connectivity index (χ2v) is 9.09. The molecule has 0 bridgehead atoms. The molecule has 38 heavy (non-hydrogen) atoms. The minimum absolute atomic E-state index is 0.0106. The number of ether oxygens (including phenoxy) is 2. The Morgan fingerprint density at radius 1 is 1.24 bits per heavy atom. The largest absolute Gasteiger partial charge is 0.573 e. The van der Waals surface area contributed by atoms with Crippen LogP contribution in [-0.4, -0.2) is 44.2 Å². The average Bonchev–Trinajstić information content (AvgIpc) is 3.29. The van der Waals surface area contributed by atoms with Gasteiger partial charge in [-0.3, -0.25) is 9.79 Å². The van der Waals surface area contributed by atoms with Crippen LogP contribution in [0.3, 0.4) is 0 Å². The van der Waals surface area contributed by atoms with Crippen LogP contribution in [0.15, 0.2) is 60.4 Å². The number of carboxylic acid groups (broad SMARTS) is 1. The fourth-order valence-electron chi connectivity index (χ4n) is 4.32. The maximum absolute atomic E-state index is 12.5. The molecular formula is C27H27F3N4O4. The van der Waals surface area contributed by atoms with Crippen LogP contribution in [0, 0.1) is 5.92 Å². The van der Waals surface area contributed by atoms with Gasteiger partial charge in [-0.15, -0.1) is 13.2 Å². The molecule has 1 aliphatic carbocycles. The third kappa shape index (κ3) is 7.21. The molecule has 1 fully saturated rings. The number of alkyl halides is 3. The lowest BCUT2D eigenvalue weighted by Gasteiger charge is -2.27. The molecule has 3 aromatic rings. The number of nitrogens with one attached hydrogen (secondary N) is 1. The summed E-state index contributed by atoms with van der Waals surface area (Å²) in [5, 5.41) is 8.95. The first kappa shape index (κ1) is 26.9. The lowest BCUT2D eigenvalue weighted by molar-refractivity contribution is -0.274. The van der Waals surface area contributed by atoms with Crippen molar-refractivity contribution < 1.29 is 32.5 Å². The predicted molar refractivity (Wildman–Crippen MR) is 136 cm³/mol. The van der Waals surface area contributed by atoms with Crippen molar-refractivity contribution in [3.05, 3.63) is 66.8 Å². The van der Waals surface area contributed by atoms with Crippen LogP contribution >= 0.6 is 0 Å². The number of aliphatic carboxylic acids is 1. The van der Waals surface area contributed by atoms with Crippen LogP contribution in [0.5, 0.6) is 11.6 Å². The van der Waals surface area contributed by atoms with Crippen molar-refractivity contribution in [2.24, 2.45) is 10.9 Å². The van der Waals surface area contributed by atoms with E-state index in [9.17, 15) is 18.0 Å². The molecule has 11 heteroatoms. The highest BCUT2D eigenvalue weighted by molar-refractivity contribution is 6.08. The maximum atomic E-state index is 12.5. The molecule has 200 valence electrons. The highest BCUT2D eigenvalue weighted by atomic mass is 19.4. The van der Waals surface area contributed by atoms with Gasteiger partial charge in [0, 0.05) is 42.1 Å². The molecule has 0 unspecified atom stereocenters. The normalized spacial score (nSPS) is 18.8. The molecular weight excluding hydrogens is 501 g/mol. The van der Waals surface area contributed by atoms with Crippen molar-refractivity contribution in [2.45, 2.75) is 51.5 Å². The number of H-pyrrole nitrogens is 1. The lowest BCUT2D eigenvalue weighted by atomic mass is 9.85. The van der Waals surface area contributed by atoms with Gasteiger partial charge in [0.05, 0.1) is 16.7 Å². The van der Waals surface area contributed by atoms with Gasteiger partial charge < -0.3 is 19.6 Å². The summed E-state index contributed by atoms with van der Waals surface area (Å²) in [6.07, 6.45) is 3.48. The number of aromatic amines is 1. The monoisotopic (exact) mass is 528 g/mol. The van der Waals surface area contributed by atoms with Crippen molar-refractivity contribution in [1.29, 1.82) is 0 Å². The molecule has 1 saturated carbocycles. The molecule has 0 saturated heterocycles. The minimum atomic E-state index is -4.78. The van der Waals surface area contributed by atoms with Gasteiger partial charge in [-0.25, -0.2) is 9.97 Å². The number of hydrogen-bond acceptors (Lipinski definition) is 6. The molecule has 1 aromatic carbocycles. The molecule has 2 N–H and O–H groups in total. The smallest absolute Gasteiger partial charge is 0.481 e. The number of aromatic nitrogens is 3. The van der Waals surface area contributed by atoms with Gasteiger partial charge >= 0.3 is 12.3 Å². The number of aliphatic imine (C=N–C) groups is 1. The fraction of sp³-hybridized carbons (Fsp3) is 0.333. The summed E-state index contributed by atoms with van der Waals surface area (Å²) in [5.74, 6) is 0.0360. The fourth-order valence-corrected chi connectivity index (χ4v) is 4.32. The third-order valence-corrected chi connectivity index (χ3v) is 6.23. The standard InChI is InChI=1S/C27H27F3N4O4/c1-3-21(18-6-11-24(32-15-18)37-19-7-4-17(5-8-19)12-25(35)36)31-14-16(2)26-33-22-10-9-20(13-23(22)34-26)38-27(28,29)30/h3,6,9-11,13-15,17,19H,1,4-5,7-8,12H2,2H3,(H,33,34)(H,35,36)/b16-14+,31-21+/t17-,19-. The quantitative estimate of drug-likeness (QED) is 0.315. The maximum Gasteiger partial charge on any atom is 0.573 e. The summed E-state index contributed by atoms with van der Waals surface area (Å²) in [4.78, 5) is 27.1. The summed E-state index contributed by atoms with van der Waals surface area (Å²) < 4.78 is 47.4. The number of pyridine rings is 1. The second-order valence-electron chi connectivity index (χ2n) is 9.09. The van der Waals surface area contributed by atoms with Crippen molar-refractivity contribution >= 4 is 28.3 Å². The van der Waals surface area contributed by atoms with E-state index in [1.165, 1.54) is 18.2 Å². The number of nitrogens with zero attached hydrogens (tertiary/aromatic N) is 3. The highest BCUT2D eigenvalue weighted by Crippen LogP contribution is 2.29. The van der Waals surface area contributed by atoms with Crippen molar-refractivity contribution in [3.8, 4) is 11.6 Å².